The van der Waals surface area contributed by atoms with Crippen LogP contribution in [0.3, 0.4) is 0 Å². The minimum absolute atomic E-state index is 0.606. The molecule has 2 atom stereocenters. The molecule has 0 spiro atoms. The summed E-state index contributed by atoms with van der Waals surface area (Å²) in [6, 6.07) is -0.708. The predicted molar refractivity (Wildman–Crippen MR) is 39.1 cm³/mol. The SMILES string of the molecule is CC(O)C(C(=O)NO)N(C)C. The van der Waals surface area contributed by atoms with Gasteiger partial charge in [-0.05, 0) is 21.0 Å². The van der Waals surface area contributed by atoms with Crippen molar-refractivity contribution in [3.8, 4) is 0 Å². The molecule has 0 aromatic carbocycles. The molecule has 11 heavy (non-hydrogen) atoms. The smallest absolute Gasteiger partial charge is 0.263 e. The van der Waals surface area contributed by atoms with Crippen LogP contribution >= 0.6 is 0 Å². The summed E-state index contributed by atoms with van der Waals surface area (Å²) in [6.45, 7) is 1.49. The van der Waals surface area contributed by atoms with E-state index in [0.29, 0.717) is 0 Å². The molecule has 0 fully saturated rings. The van der Waals surface area contributed by atoms with Crippen molar-refractivity contribution < 1.29 is 15.1 Å². The van der Waals surface area contributed by atoms with Crippen LogP contribution in [0.25, 0.3) is 0 Å². The number of aliphatic hydroxyl groups is 1. The van der Waals surface area contributed by atoms with E-state index in [0.717, 1.165) is 0 Å². The molecule has 0 aromatic heterocycles. The van der Waals surface area contributed by atoms with Gasteiger partial charge in [-0.25, -0.2) is 5.48 Å². The van der Waals surface area contributed by atoms with Gasteiger partial charge in [-0.3, -0.25) is 14.9 Å². The van der Waals surface area contributed by atoms with Crippen molar-refractivity contribution in [1.29, 1.82) is 0 Å². The number of nitrogens with one attached hydrogen (secondary N) is 1. The number of aliphatic hydroxyl groups excluding tert-OH is 1. The van der Waals surface area contributed by atoms with E-state index in [-0.39, 0.29) is 0 Å². The Morgan fingerprint density at radius 2 is 2.00 bits per heavy atom. The molecule has 0 aliphatic heterocycles. The number of hydrogen-bond donors (Lipinski definition) is 3. The maximum atomic E-state index is 10.8. The summed E-state index contributed by atoms with van der Waals surface area (Å²) in [4.78, 5) is 12.4. The van der Waals surface area contributed by atoms with Crippen LogP contribution in [0, 0.1) is 0 Å². The lowest BCUT2D eigenvalue weighted by Gasteiger charge is -2.24. The van der Waals surface area contributed by atoms with Crippen molar-refractivity contribution in [1.82, 2.24) is 10.4 Å². The first-order chi connectivity index (χ1) is 5.00. The Bertz CT molecular complexity index is 128. The number of hydroxylamine groups is 1. The third-order valence-electron chi connectivity index (χ3n) is 1.39. The molecule has 0 rings (SSSR count). The lowest BCUT2D eigenvalue weighted by Crippen LogP contribution is -2.48. The second kappa shape index (κ2) is 4.27. The average molecular weight is 162 g/mol. The van der Waals surface area contributed by atoms with Gasteiger partial charge < -0.3 is 5.11 Å². The van der Waals surface area contributed by atoms with Gasteiger partial charge in [-0.15, -0.1) is 0 Å². The number of carbonyl (C=O) groups is 1. The molecule has 0 aliphatic rings. The minimum atomic E-state index is -0.808. The molecule has 0 radical (unpaired) electrons. The van der Waals surface area contributed by atoms with E-state index >= 15 is 0 Å². The number of rotatable bonds is 3. The second-order valence-electron chi connectivity index (χ2n) is 2.63. The molecule has 0 saturated heterocycles. The Hall–Kier alpha value is -0.650. The van der Waals surface area contributed by atoms with E-state index in [2.05, 4.69) is 0 Å². The van der Waals surface area contributed by atoms with Gasteiger partial charge >= 0.3 is 0 Å². The van der Waals surface area contributed by atoms with Gasteiger partial charge in [0, 0.05) is 0 Å². The minimum Gasteiger partial charge on any atom is -0.391 e. The number of hydrogen-bond acceptors (Lipinski definition) is 4. The highest BCUT2D eigenvalue weighted by atomic mass is 16.5. The highest BCUT2D eigenvalue weighted by Crippen LogP contribution is 1.99. The molecular formula is C6H14N2O3. The maximum Gasteiger partial charge on any atom is 0.263 e. The Labute approximate surface area is 65.6 Å². The zero-order chi connectivity index (χ0) is 9.02. The molecular weight excluding hydrogens is 148 g/mol. The molecule has 66 valence electrons. The van der Waals surface area contributed by atoms with Crippen LogP contribution in [-0.4, -0.2) is 47.4 Å². The van der Waals surface area contributed by atoms with Crippen molar-refractivity contribution in [2.45, 2.75) is 19.1 Å². The summed E-state index contributed by atoms with van der Waals surface area (Å²) in [5.74, 6) is -0.606. The van der Waals surface area contributed by atoms with Crippen molar-refractivity contribution in [3.63, 3.8) is 0 Å². The van der Waals surface area contributed by atoms with E-state index in [1.54, 1.807) is 14.1 Å². The van der Waals surface area contributed by atoms with E-state index in [4.69, 9.17) is 10.3 Å². The Morgan fingerprint density at radius 1 is 1.55 bits per heavy atom. The average Bonchev–Trinajstić information content (AvgIpc) is 1.85. The summed E-state index contributed by atoms with van der Waals surface area (Å²) in [5.41, 5.74) is 1.49. The number of likely N-dealkylation sites (N-methyl/N-ethyl adjacent to an activating group) is 1. The number of amides is 1. The number of nitrogens with zero attached hydrogens (tertiary/aromatic N) is 1. The monoisotopic (exact) mass is 162 g/mol. The van der Waals surface area contributed by atoms with Gasteiger partial charge in [-0.2, -0.15) is 0 Å². The second-order valence-corrected chi connectivity index (χ2v) is 2.63. The van der Waals surface area contributed by atoms with Crippen LogP contribution in [-0.2, 0) is 4.79 Å². The zero-order valence-corrected chi connectivity index (χ0v) is 6.90. The Balaban J connectivity index is 4.22. The van der Waals surface area contributed by atoms with Gasteiger partial charge in [0.2, 0.25) is 0 Å². The summed E-state index contributed by atoms with van der Waals surface area (Å²) < 4.78 is 0. The van der Waals surface area contributed by atoms with E-state index in [1.165, 1.54) is 17.3 Å². The summed E-state index contributed by atoms with van der Waals surface area (Å²) in [5, 5.41) is 17.3. The Kier molecular flexibility index (Phi) is 4.02. The van der Waals surface area contributed by atoms with Crippen LogP contribution in [0.15, 0.2) is 0 Å². The topological polar surface area (TPSA) is 72.8 Å². The molecule has 1 amide bonds. The predicted octanol–water partition coefficient (Wildman–Crippen LogP) is -1.20. The molecule has 5 heteroatoms. The third-order valence-corrected chi connectivity index (χ3v) is 1.39. The van der Waals surface area contributed by atoms with Crippen molar-refractivity contribution in [3.05, 3.63) is 0 Å². The first-order valence-electron chi connectivity index (χ1n) is 3.29. The summed E-state index contributed by atoms with van der Waals surface area (Å²) >= 11 is 0. The van der Waals surface area contributed by atoms with Crippen molar-refractivity contribution >= 4 is 5.91 Å². The van der Waals surface area contributed by atoms with Crippen LogP contribution < -0.4 is 5.48 Å². The zero-order valence-electron chi connectivity index (χ0n) is 6.90. The fraction of sp³-hybridized carbons (Fsp3) is 0.833. The van der Waals surface area contributed by atoms with E-state index in [1.807, 2.05) is 0 Å². The molecule has 2 unspecified atom stereocenters. The first-order valence-corrected chi connectivity index (χ1v) is 3.29. The first kappa shape index (κ1) is 10.3. The maximum absolute atomic E-state index is 10.8. The Morgan fingerprint density at radius 3 is 2.09 bits per heavy atom. The molecule has 0 aromatic rings. The van der Waals surface area contributed by atoms with Crippen LogP contribution in [0.1, 0.15) is 6.92 Å². The standard InChI is InChI=1S/C6H14N2O3/c1-4(9)5(8(2)3)6(10)7-11/h4-5,9,11H,1-3H3,(H,7,10). The van der Waals surface area contributed by atoms with E-state index in [9.17, 15) is 4.79 Å². The fourth-order valence-electron chi connectivity index (χ4n) is 0.951. The quantitative estimate of drug-likeness (QED) is 0.360. The van der Waals surface area contributed by atoms with Gasteiger partial charge in [0.15, 0.2) is 0 Å². The van der Waals surface area contributed by atoms with Crippen LogP contribution in [0.4, 0.5) is 0 Å². The summed E-state index contributed by atoms with van der Waals surface area (Å²) in [7, 11) is 3.29. The number of carbonyl (C=O) groups excluding carboxylic acids is 1. The highest BCUT2D eigenvalue weighted by molar-refractivity contribution is 5.81. The lowest BCUT2D eigenvalue weighted by molar-refractivity contribution is -0.137. The lowest BCUT2D eigenvalue weighted by atomic mass is 10.1. The molecule has 0 saturated carbocycles. The highest BCUT2D eigenvalue weighted by Gasteiger charge is 2.24. The molecule has 5 nitrogen and oxygen atoms in total. The van der Waals surface area contributed by atoms with Crippen molar-refractivity contribution in [2.24, 2.45) is 0 Å². The molecule has 0 heterocycles. The van der Waals surface area contributed by atoms with Crippen LogP contribution in [0.5, 0.6) is 0 Å². The third kappa shape index (κ3) is 2.83. The van der Waals surface area contributed by atoms with E-state index < -0.39 is 18.1 Å². The largest absolute Gasteiger partial charge is 0.391 e. The molecule has 0 aliphatic carbocycles. The van der Waals surface area contributed by atoms with Crippen molar-refractivity contribution in [2.75, 3.05) is 14.1 Å². The van der Waals surface area contributed by atoms with Gasteiger partial charge in [0.25, 0.3) is 5.91 Å². The molecule has 0 bridgehead atoms. The normalized spacial score (nSPS) is 16.2. The molecule has 3 N–H and O–H groups in total. The van der Waals surface area contributed by atoms with Gasteiger partial charge in [0.1, 0.15) is 6.04 Å². The fourth-order valence-corrected chi connectivity index (χ4v) is 0.951. The van der Waals surface area contributed by atoms with Gasteiger partial charge in [0.05, 0.1) is 6.10 Å². The summed E-state index contributed by atoms with van der Waals surface area (Å²) in [6.07, 6.45) is -0.808. The van der Waals surface area contributed by atoms with Gasteiger partial charge in [-0.1, -0.05) is 0 Å². The van der Waals surface area contributed by atoms with Crippen LogP contribution in [0.2, 0.25) is 0 Å².